The highest BCUT2D eigenvalue weighted by molar-refractivity contribution is 5.91. The van der Waals surface area contributed by atoms with Gasteiger partial charge in [-0.1, -0.05) is 18.2 Å². The predicted octanol–water partition coefficient (Wildman–Crippen LogP) is 3.58. The number of carbonyl (C=O) groups is 1. The van der Waals surface area contributed by atoms with Crippen LogP contribution in [0.15, 0.2) is 48.7 Å². The maximum absolute atomic E-state index is 12.3. The number of nitrogens with zero attached hydrogens (tertiary/aromatic N) is 2. The topological polar surface area (TPSA) is 74.6 Å². The number of anilines is 1. The number of methoxy groups -OCH3 is 2. The van der Waals surface area contributed by atoms with E-state index in [1.54, 1.807) is 31.2 Å². The van der Waals surface area contributed by atoms with Gasteiger partial charge >= 0.3 is 0 Å². The fourth-order valence-electron chi connectivity index (χ4n) is 2.94. The van der Waals surface area contributed by atoms with Crippen LogP contribution in [0.1, 0.15) is 16.7 Å². The first kappa shape index (κ1) is 20.3. The molecule has 29 heavy (non-hydrogen) atoms. The van der Waals surface area contributed by atoms with Gasteiger partial charge in [-0.25, -0.2) is 4.68 Å². The molecule has 1 N–H and O–H groups in total. The second-order valence-electron chi connectivity index (χ2n) is 6.61. The van der Waals surface area contributed by atoms with Crippen molar-refractivity contribution in [2.24, 2.45) is 0 Å². The van der Waals surface area contributed by atoms with Gasteiger partial charge in [0, 0.05) is 11.6 Å². The lowest BCUT2D eigenvalue weighted by Gasteiger charge is -2.14. The van der Waals surface area contributed by atoms with Crippen molar-refractivity contribution in [3.05, 3.63) is 65.4 Å². The van der Waals surface area contributed by atoms with Gasteiger partial charge in [-0.2, -0.15) is 5.10 Å². The second kappa shape index (κ2) is 9.14. The summed E-state index contributed by atoms with van der Waals surface area (Å²) in [5, 5.41) is 7.14. The Bertz CT molecular complexity index is 997. The number of hydrogen-bond acceptors (Lipinski definition) is 5. The van der Waals surface area contributed by atoms with Gasteiger partial charge in [-0.05, 0) is 43.2 Å². The Hall–Kier alpha value is -3.48. The largest absolute Gasteiger partial charge is 0.493 e. The van der Waals surface area contributed by atoms with Crippen LogP contribution >= 0.6 is 0 Å². The number of hydrogen-bond donors (Lipinski definition) is 1. The quantitative estimate of drug-likeness (QED) is 0.631. The standard InChI is InChI=1S/C22H25N3O4/c1-15-8-9-18(12-16(15)2)29-14-21(26)24-20-10-11-23-25(20)13-17-6-5-7-19(27-3)22(17)28-4/h5-12H,13-14H2,1-4H3,(H,24,26). The number of carbonyl (C=O) groups excluding carboxylic acids is 1. The first-order chi connectivity index (χ1) is 14.0. The van der Waals surface area contributed by atoms with Crippen molar-refractivity contribution in [1.29, 1.82) is 0 Å². The first-order valence-electron chi connectivity index (χ1n) is 9.23. The average molecular weight is 395 g/mol. The van der Waals surface area contributed by atoms with E-state index in [0.29, 0.717) is 29.6 Å². The summed E-state index contributed by atoms with van der Waals surface area (Å²) in [6, 6.07) is 13.1. The normalized spacial score (nSPS) is 10.5. The summed E-state index contributed by atoms with van der Waals surface area (Å²) in [7, 11) is 3.19. The molecule has 1 aromatic heterocycles. The van der Waals surface area contributed by atoms with Crippen molar-refractivity contribution in [1.82, 2.24) is 9.78 Å². The molecule has 7 nitrogen and oxygen atoms in total. The van der Waals surface area contributed by atoms with E-state index in [1.807, 2.05) is 50.2 Å². The molecule has 1 amide bonds. The summed E-state index contributed by atoms with van der Waals surface area (Å²) in [5.41, 5.74) is 3.18. The van der Waals surface area contributed by atoms with Gasteiger partial charge < -0.3 is 19.5 Å². The van der Waals surface area contributed by atoms with E-state index in [4.69, 9.17) is 14.2 Å². The summed E-state index contributed by atoms with van der Waals surface area (Å²) in [4.78, 5) is 12.3. The molecule has 0 bridgehead atoms. The maximum Gasteiger partial charge on any atom is 0.263 e. The molecule has 2 aromatic carbocycles. The van der Waals surface area contributed by atoms with Crippen LogP contribution in [0.2, 0.25) is 0 Å². The van der Waals surface area contributed by atoms with Gasteiger partial charge in [0.05, 0.1) is 27.0 Å². The minimum Gasteiger partial charge on any atom is -0.493 e. The molecule has 0 atom stereocenters. The SMILES string of the molecule is COc1cccc(Cn2nccc2NC(=O)COc2ccc(C)c(C)c2)c1OC. The molecule has 0 aliphatic rings. The molecule has 1 heterocycles. The van der Waals surface area contributed by atoms with E-state index in [-0.39, 0.29) is 12.5 Å². The van der Waals surface area contributed by atoms with E-state index in [0.717, 1.165) is 11.1 Å². The molecule has 3 rings (SSSR count). The molecule has 0 aliphatic heterocycles. The van der Waals surface area contributed by atoms with E-state index in [1.165, 1.54) is 5.56 Å². The lowest BCUT2D eigenvalue weighted by molar-refractivity contribution is -0.118. The third-order valence-corrected chi connectivity index (χ3v) is 4.64. The predicted molar refractivity (Wildman–Crippen MR) is 111 cm³/mol. The van der Waals surface area contributed by atoms with Crippen molar-refractivity contribution in [2.45, 2.75) is 20.4 Å². The van der Waals surface area contributed by atoms with Crippen LogP contribution in [0, 0.1) is 13.8 Å². The number of amides is 1. The molecule has 7 heteroatoms. The Kier molecular flexibility index (Phi) is 6.39. The monoisotopic (exact) mass is 395 g/mol. The molecule has 0 saturated heterocycles. The maximum atomic E-state index is 12.3. The van der Waals surface area contributed by atoms with Gasteiger partial charge in [0.25, 0.3) is 5.91 Å². The van der Waals surface area contributed by atoms with Gasteiger partial charge in [0.1, 0.15) is 11.6 Å². The molecule has 0 spiro atoms. The van der Waals surface area contributed by atoms with Crippen molar-refractivity contribution in [3.8, 4) is 17.2 Å². The van der Waals surface area contributed by atoms with Crippen molar-refractivity contribution >= 4 is 11.7 Å². The molecular weight excluding hydrogens is 370 g/mol. The smallest absolute Gasteiger partial charge is 0.263 e. The zero-order chi connectivity index (χ0) is 20.8. The molecular formula is C22H25N3O4. The second-order valence-corrected chi connectivity index (χ2v) is 6.61. The molecule has 0 saturated carbocycles. The fourth-order valence-corrected chi connectivity index (χ4v) is 2.94. The fraction of sp³-hybridized carbons (Fsp3) is 0.273. The number of aromatic nitrogens is 2. The first-order valence-corrected chi connectivity index (χ1v) is 9.23. The Morgan fingerprint density at radius 3 is 2.62 bits per heavy atom. The van der Waals surface area contributed by atoms with Crippen LogP contribution < -0.4 is 19.5 Å². The molecule has 0 radical (unpaired) electrons. The van der Waals surface area contributed by atoms with Crippen LogP contribution in [-0.2, 0) is 11.3 Å². The highest BCUT2D eigenvalue weighted by atomic mass is 16.5. The lowest BCUT2D eigenvalue weighted by Crippen LogP contribution is -2.22. The molecule has 152 valence electrons. The van der Waals surface area contributed by atoms with Gasteiger partial charge in [0.15, 0.2) is 18.1 Å². The highest BCUT2D eigenvalue weighted by Crippen LogP contribution is 2.31. The summed E-state index contributed by atoms with van der Waals surface area (Å²) < 4.78 is 18.1. The highest BCUT2D eigenvalue weighted by Gasteiger charge is 2.13. The van der Waals surface area contributed by atoms with Crippen LogP contribution in [0.3, 0.4) is 0 Å². The van der Waals surface area contributed by atoms with E-state index in [9.17, 15) is 4.79 Å². The molecule has 0 unspecified atom stereocenters. The van der Waals surface area contributed by atoms with Crippen molar-refractivity contribution < 1.29 is 19.0 Å². The Balaban J connectivity index is 1.66. The Labute approximate surface area is 170 Å². The van der Waals surface area contributed by atoms with E-state index >= 15 is 0 Å². The molecule has 3 aromatic rings. The average Bonchev–Trinajstić information content (AvgIpc) is 3.15. The van der Waals surface area contributed by atoms with Gasteiger partial charge in [0.2, 0.25) is 0 Å². The lowest BCUT2D eigenvalue weighted by atomic mass is 10.1. The molecule has 0 aliphatic carbocycles. The third-order valence-electron chi connectivity index (χ3n) is 4.64. The van der Waals surface area contributed by atoms with Crippen LogP contribution in [0.5, 0.6) is 17.2 Å². The van der Waals surface area contributed by atoms with Crippen LogP contribution in [-0.4, -0.2) is 36.5 Å². The Morgan fingerprint density at radius 1 is 1.07 bits per heavy atom. The minimum absolute atomic E-state index is 0.0871. The van der Waals surface area contributed by atoms with E-state index in [2.05, 4.69) is 10.4 Å². The number of nitrogens with one attached hydrogen (secondary N) is 1. The molecule has 0 fully saturated rings. The zero-order valence-electron chi connectivity index (χ0n) is 17.1. The van der Waals surface area contributed by atoms with Crippen molar-refractivity contribution in [2.75, 3.05) is 26.1 Å². The summed E-state index contributed by atoms with van der Waals surface area (Å²) in [5.74, 6) is 2.26. The van der Waals surface area contributed by atoms with Crippen molar-refractivity contribution in [3.63, 3.8) is 0 Å². The van der Waals surface area contributed by atoms with Crippen LogP contribution in [0.4, 0.5) is 5.82 Å². The van der Waals surface area contributed by atoms with E-state index < -0.39 is 0 Å². The number of benzene rings is 2. The number of aryl methyl sites for hydroxylation is 2. The van der Waals surface area contributed by atoms with Gasteiger partial charge in [-0.15, -0.1) is 0 Å². The summed E-state index contributed by atoms with van der Waals surface area (Å²) >= 11 is 0. The number of ether oxygens (including phenoxy) is 3. The number of rotatable bonds is 8. The Morgan fingerprint density at radius 2 is 1.90 bits per heavy atom. The zero-order valence-corrected chi connectivity index (χ0v) is 17.1. The summed E-state index contributed by atoms with van der Waals surface area (Å²) in [6.45, 7) is 4.37. The third kappa shape index (κ3) is 4.87. The minimum atomic E-state index is -0.261. The van der Waals surface area contributed by atoms with Crippen LogP contribution in [0.25, 0.3) is 0 Å². The number of para-hydroxylation sites is 1. The van der Waals surface area contributed by atoms with Gasteiger partial charge in [-0.3, -0.25) is 4.79 Å². The summed E-state index contributed by atoms with van der Waals surface area (Å²) in [6.07, 6.45) is 1.63.